The monoisotopic (exact) mass is 255 g/mol. The molecule has 2 rings (SSSR count). The van der Waals surface area contributed by atoms with Gasteiger partial charge in [0.05, 0.1) is 12.1 Å². The van der Waals surface area contributed by atoms with Gasteiger partial charge >= 0.3 is 5.97 Å². The Morgan fingerprint density at radius 3 is 3.00 bits per heavy atom. The van der Waals surface area contributed by atoms with E-state index >= 15 is 0 Å². The van der Waals surface area contributed by atoms with E-state index in [9.17, 15) is 9.59 Å². The molecule has 7 heteroatoms. The number of nitrogens with two attached hydrogens (primary N) is 1. The van der Waals surface area contributed by atoms with Crippen LogP contribution < -0.4 is 5.73 Å². The average molecular weight is 255 g/mol. The van der Waals surface area contributed by atoms with Crippen molar-refractivity contribution in [3.05, 3.63) is 11.1 Å². The molecule has 1 fully saturated rings. The quantitative estimate of drug-likeness (QED) is 0.812. The number of likely N-dealkylation sites (tertiary alicyclic amines) is 1. The van der Waals surface area contributed by atoms with Crippen LogP contribution in [0.25, 0.3) is 0 Å². The summed E-state index contributed by atoms with van der Waals surface area (Å²) in [6, 6.07) is -0.682. The minimum Gasteiger partial charge on any atom is -0.480 e. The van der Waals surface area contributed by atoms with Gasteiger partial charge in [0.2, 0.25) is 5.91 Å². The van der Waals surface area contributed by atoms with Crippen LogP contribution in [0.1, 0.15) is 18.5 Å². The first-order chi connectivity index (χ1) is 8.08. The van der Waals surface area contributed by atoms with Crippen LogP contribution in [0, 0.1) is 0 Å². The van der Waals surface area contributed by atoms with E-state index in [1.807, 2.05) is 0 Å². The maximum atomic E-state index is 11.9. The van der Waals surface area contributed by atoms with Crippen molar-refractivity contribution in [2.75, 3.05) is 12.3 Å². The highest BCUT2D eigenvalue weighted by Crippen LogP contribution is 2.19. The summed E-state index contributed by atoms with van der Waals surface area (Å²) in [7, 11) is 0. The molecule has 3 N–H and O–H groups in total. The number of anilines is 1. The number of hydrogen-bond donors (Lipinski definition) is 2. The van der Waals surface area contributed by atoms with E-state index in [2.05, 4.69) is 4.98 Å². The predicted molar refractivity (Wildman–Crippen MR) is 62.6 cm³/mol. The Balaban J connectivity index is 2.02. The zero-order valence-corrected chi connectivity index (χ0v) is 9.94. The molecule has 0 radical (unpaired) electrons. The van der Waals surface area contributed by atoms with Gasteiger partial charge in [0.1, 0.15) is 6.04 Å². The average Bonchev–Trinajstić information content (AvgIpc) is 2.86. The number of carboxylic acid groups (broad SMARTS) is 1. The van der Waals surface area contributed by atoms with Crippen LogP contribution in [0.4, 0.5) is 5.13 Å². The summed E-state index contributed by atoms with van der Waals surface area (Å²) in [4.78, 5) is 28.3. The van der Waals surface area contributed by atoms with Crippen LogP contribution >= 0.6 is 11.3 Å². The number of amides is 1. The summed E-state index contributed by atoms with van der Waals surface area (Å²) in [5, 5.41) is 11.1. The molecule has 6 nitrogen and oxygen atoms in total. The summed E-state index contributed by atoms with van der Waals surface area (Å²) in [6.45, 7) is 0.509. The molecule has 1 aromatic heterocycles. The van der Waals surface area contributed by atoms with E-state index in [4.69, 9.17) is 10.8 Å². The van der Waals surface area contributed by atoms with Crippen molar-refractivity contribution in [2.45, 2.75) is 25.3 Å². The van der Waals surface area contributed by atoms with E-state index in [1.54, 1.807) is 5.38 Å². The van der Waals surface area contributed by atoms with E-state index in [0.717, 1.165) is 6.42 Å². The Bertz CT molecular complexity index is 446. The first-order valence-electron chi connectivity index (χ1n) is 5.30. The van der Waals surface area contributed by atoms with Gasteiger partial charge in [-0.25, -0.2) is 9.78 Å². The van der Waals surface area contributed by atoms with E-state index < -0.39 is 12.0 Å². The molecule has 1 atom stereocenters. The Morgan fingerprint density at radius 1 is 1.65 bits per heavy atom. The largest absolute Gasteiger partial charge is 0.480 e. The van der Waals surface area contributed by atoms with E-state index in [-0.39, 0.29) is 12.3 Å². The highest BCUT2D eigenvalue weighted by Gasteiger charge is 2.33. The molecule has 1 aromatic rings. The summed E-state index contributed by atoms with van der Waals surface area (Å²) < 4.78 is 0. The number of nitrogens with zero attached hydrogens (tertiary/aromatic N) is 2. The van der Waals surface area contributed by atoms with Crippen molar-refractivity contribution in [3.8, 4) is 0 Å². The van der Waals surface area contributed by atoms with Gasteiger partial charge in [-0.15, -0.1) is 11.3 Å². The Morgan fingerprint density at radius 2 is 2.41 bits per heavy atom. The molecule has 0 bridgehead atoms. The number of aliphatic carboxylic acids is 1. The van der Waals surface area contributed by atoms with Crippen LogP contribution in [0.3, 0.4) is 0 Å². The fourth-order valence-electron chi connectivity index (χ4n) is 1.98. The van der Waals surface area contributed by atoms with Gasteiger partial charge in [-0.3, -0.25) is 4.79 Å². The van der Waals surface area contributed by atoms with Crippen molar-refractivity contribution < 1.29 is 14.7 Å². The predicted octanol–water partition coefficient (Wildman–Crippen LogP) is 0.343. The second kappa shape index (κ2) is 4.70. The molecule has 1 aliphatic heterocycles. The fourth-order valence-corrected chi connectivity index (χ4v) is 2.55. The third-order valence-electron chi connectivity index (χ3n) is 2.76. The highest BCUT2D eigenvalue weighted by atomic mass is 32.1. The first kappa shape index (κ1) is 11.8. The number of hydrogen-bond acceptors (Lipinski definition) is 5. The topological polar surface area (TPSA) is 96.5 Å². The SMILES string of the molecule is Nc1nc(CC(=O)N2CCC[C@@H]2C(=O)O)cs1. The van der Waals surface area contributed by atoms with Gasteiger partial charge in [0, 0.05) is 11.9 Å². The smallest absolute Gasteiger partial charge is 0.326 e. The number of rotatable bonds is 3. The standard InChI is InChI=1S/C10H13N3O3S/c11-10-12-6(5-17-10)4-8(14)13-3-1-2-7(13)9(15)16/h5,7H,1-4H2,(H2,11,12)(H,15,16)/t7-/m1/s1. The molecular formula is C10H13N3O3S. The molecule has 0 aliphatic carbocycles. The molecule has 17 heavy (non-hydrogen) atoms. The third-order valence-corrected chi connectivity index (χ3v) is 3.48. The zero-order chi connectivity index (χ0) is 12.4. The second-order valence-electron chi connectivity index (χ2n) is 3.94. The van der Waals surface area contributed by atoms with Gasteiger partial charge in [-0.1, -0.05) is 0 Å². The van der Waals surface area contributed by atoms with Crippen LogP contribution in [0.5, 0.6) is 0 Å². The number of thiazole rings is 1. The molecule has 1 aliphatic rings. The molecule has 0 spiro atoms. The van der Waals surface area contributed by atoms with Crippen LogP contribution in [0.15, 0.2) is 5.38 Å². The molecule has 92 valence electrons. The summed E-state index contributed by atoms with van der Waals surface area (Å²) in [5.41, 5.74) is 6.08. The Hall–Kier alpha value is -1.63. The normalized spacial score (nSPS) is 19.5. The van der Waals surface area contributed by atoms with E-state index in [0.29, 0.717) is 23.8 Å². The van der Waals surface area contributed by atoms with Crippen molar-refractivity contribution in [3.63, 3.8) is 0 Å². The summed E-state index contributed by atoms with van der Waals surface area (Å²) in [5.74, 6) is -1.13. The molecule has 0 unspecified atom stereocenters. The lowest BCUT2D eigenvalue weighted by molar-refractivity contribution is -0.148. The minimum atomic E-state index is -0.936. The van der Waals surface area contributed by atoms with Gasteiger partial charge < -0.3 is 15.7 Å². The lowest BCUT2D eigenvalue weighted by Gasteiger charge is -2.20. The fraction of sp³-hybridized carbons (Fsp3) is 0.500. The maximum absolute atomic E-state index is 11.9. The van der Waals surface area contributed by atoms with Crippen LogP contribution in [-0.4, -0.2) is 39.5 Å². The van der Waals surface area contributed by atoms with Crippen molar-refractivity contribution in [1.29, 1.82) is 0 Å². The lowest BCUT2D eigenvalue weighted by Crippen LogP contribution is -2.41. The van der Waals surface area contributed by atoms with Crippen molar-refractivity contribution in [2.24, 2.45) is 0 Å². The molecule has 0 saturated carbocycles. The number of carboxylic acids is 1. The van der Waals surface area contributed by atoms with Crippen molar-refractivity contribution >= 4 is 28.3 Å². The highest BCUT2D eigenvalue weighted by molar-refractivity contribution is 7.13. The third kappa shape index (κ3) is 2.55. The molecule has 0 aromatic carbocycles. The zero-order valence-electron chi connectivity index (χ0n) is 9.13. The number of nitrogen functional groups attached to an aromatic ring is 1. The number of carbonyl (C=O) groups excluding carboxylic acids is 1. The Labute approximate surface area is 102 Å². The summed E-state index contributed by atoms with van der Waals surface area (Å²) in [6.07, 6.45) is 1.39. The van der Waals surface area contributed by atoms with Gasteiger partial charge in [0.15, 0.2) is 5.13 Å². The van der Waals surface area contributed by atoms with Crippen LogP contribution in [-0.2, 0) is 16.0 Å². The number of carbonyl (C=O) groups is 2. The molecule has 1 saturated heterocycles. The molecule has 1 amide bonds. The van der Waals surface area contributed by atoms with Crippen LogP contribution in [0.2, 0.25) is 0 Å². The van der Waals surface area contributed by atoms with Gasteiger partial charge in [-0.2, -0.15) is 0 Å². The van der Waals surface area contributed by atoms with Gasteiger partial charge in [0.25, 0.3) is 0 Å². The maximum Gasteiger partial charge on any atom is 0.326 e. The van der Waals surface area contributed by atoms with E-state index in [1.165, 1.54) is 16.2 Å². The first-order valence-corrected chi connectivity index (χ1v) is 6.18. The van der Waals surface area contributed by atoms with Crippen molar-refractivity contribution in [1.82, 2.24) is 9.88 Å². The number of aromatic nitrogens is 1. The molecular weight excluding hydrogens is 242 g/mol. The summed E-state index contributed by atoms with van der Waals surface area (Å²) >= 11 is 1.28. The lowest BCUT2D eigenvalue weighted by atomic mass is 10.2. The molecule has 2 heterocycles. The second-order valence-corrected chi connectivity index (χ2v) is 4.83. The Kier molecular flexibility index (Phi) is 3.28. The van der Waals surface area contributed by atoms with Gasteiger partial charge in [-0.05, 0) is 12.8 Å². The minimum absolute atomic E-state index is 0.123.